The topological polar surface area (TPSA) is 38.3 Å². The third-order valence-corrected chi connectivity index (χ3v) is 8.84. The van der Waals surface area contributed by atoms with Crippen LogP contribution in [0.3, 0.4) is 0 Å². The molecule has 0 radical (unpaired) electrons. The summed E-state index contributed by atoms with van der Waals surface area (Å²) >= 11 is 0. The number of amides is 1. The summed E-state index contributed by atoms with van der Waals surface area (Å²) in [5.41, 5.74) is 0. The molecule has 0 aromatic heterocycles. The summed E-state index contributed by atoms with van der Waals surface area (Å²) in [6, 6.07) is 0.229. The van der Waals surface area contributed by atoms with E-state index in [1.54, 1.807) is 6.08 Å². The van der Waals surface area contributed by atoms with Gasteiger partial charge in [-0.1, -0.05) is 33.8 Å². The van der Waals surface area contributed by atoms with Crippen molar-refractivity contribution in [3.63, 3.8) is 0 Å². The van der Waals surface area contributed by atoms with Crippen LogP contribution in [0.15, 0.2) is 12.2 Å². The average Bonchev–Trinajstić information content (AvgIpc) is 2.26. The number of rotatable bonds is 5. The Morgan fingerprint density at radius 3 is 2.58 bits per heavy atom. The molecule has 1 N–H and O–H groups in total. The molecule has 0 aromatic rings. The van der Waals surface area contributed by atoms with Crippen molar-refractivity contribution in [2.75, 3.05) is 0 Å². The largest absolute Gasteiger partial charge is 0.414 e. The van der Waals surface area contributed by atoms with Gasteiger partial charge in [-0.15, -0.1) is 0 Å². The molecule has 110 valence electrons. The van der Waals surface area contributed by atoms with Gasteiger partial charge in [0.1, 0.15) is 0 Å². The van der Waals surface area contributed by atoms with Gasteiger partial charge in [0.2, 0.25) is 5.91 Å². The Labute approximate surface area is 118 Å². The molecule has 0 spiro atoms. The quantitative estimate of drug-likeness (QED) is 0.783. The monoisotopic (exact) mass is 283 g/mol. The molecular formula is C15H29NO2Si. The first-order valence-electron chi connectivity index (χ1n) is 7.30. The van der Waals surface area contributed by atoms with Crippen LogP contribution < -0.4 is 5.32 Å². The zero-order chi connectivity index (χ0) is 14.7. The Balaban J connectivity index is 2.59. The molecule has 3 nitrogen and oxygen atoms in total. The Hall–Kier alpha value is -0.613. The molecule has 1 amide bonds. The van der Waals surface area contributed by atoms with Crippen LogP contribution in [0.2, 0.25) is 18.1 Å². The van der Waals surface area contributed by atoms with Crippen LogP contribution in [-0.4, -0.2) is 26.4 Å². The maximum absolute atomic E-state index is 11.4. The summed E-state index contributed by atoms with van der Waals surface area (Å²) in [5, 5.41) is 3.25. The summed E-state index contributed by atoms with van der Waals surface area (Å²) < 4.78 is 6.45. The molecule has 0 aromatic carbocycles. The molecule has 0 unspecified atom stereocenters. The lowest BCUT2D eigenvalue weighted by molar-refractivity contribution is -0.117. The molecule has 4 heteroatoms. The van der Waals surface area contributed by atoms with Gasteiger partial charge >= 0.3 is 0 Å². The molecule has 0 bridgehead atoms. The predicted octanol–water partition coefficient (Wildman–Crippen LogP) is 3.62. The van der Waals surface area contributed by atoms with E-state index >= 15 is 0 Å². The van der Waals surface area contributed by atoms with Crippen LogP contribution in [0.1, 0.15) is 47.0 Å². The van der Waals surface area contributed by atoms with Crippen molar-refractivity contribution in [2.24, 2.45) is 0 Å². The van der Waals surface area contributed by atoms with Gasteiger partial charge in [-0.25, -0.2) is 0 Å². The minimum absolute atomic E-state index is 0.0263. The standard InChI is InChI=1S/C15H29NO2Si/c1-7-13(18-19(5,6)15(2,3)4)11-12-9-8-10-14(17)16-12/h8,10,12-13H,7,9,11H2,1-6H3,(H,16,17)/t12-,13-/m0/s1. The average molecular weight is 283 g/mol. The predicted molar refractivity (Wildman–Crippen MR) is 82.7 cm³/mol. The number of hydrogen-bond donors (Lipinski definition) is 1. The Kier molecular flexibility index (Phi) is 5.39. The van der Waals surface area contributed by atoms with Crippen molar-refractivity contribution in [1.82, 2.24) is 5.32 Å². The van der Waals surface area contributed by atoms with E-state index in [1.165, 1.54) is 0 Å². The van der Waals surface area contributed by atoms with Crippen molar-refractivity contribution in [3.05, 3.63) is 12.2 Å². The second-order valence-corrected chi connectivity index (χ2v) is 11.7. The molecule has 0 saturated carbocycles. The molecule has 2 atom stereocenters. The fraction of sp³-hybridized carbons (Fsp3) is 0.800. The Bertz CT molecular complexity index is 345. The lowest BCUT2D eigenvalue weighted by Crippen LogP contribution is -2.46. The molecule has 1 heterocycles. The minimum atomic E-state index is -1.72. The van der Waals surface area contributed by atoms with E-state index in [0.717, 1.165) is 19.3 Å². The van der Waals surface area contributed by atoms with Crippen molar-refractivity contribution in [1.29, 1.82) is 0 Å². The van der Waals surface area contributed by atoms with E-state index < -0.39 is 8.32 Å². The van der Waals surface area contributed by atoms with Crippen LogP contribution >= 0.6 is 0 Å². The normalized spacial score (nSPS) is 22.2. The first-order chi connectivity index (χ1) is 8.65. The zero-order valence-electron chi connectivity index (χ0n) is 13.2. The van der Waals surface area contributed by atoms with Crippen LogP contribution in [0.4, 0.5) is 0 Å². The molecule has 1 aliphatic heterocycles. The highest BCUT2D eigenvalue weighted by molar-refractivity contribution is 6.74. The first-order valence-corrected chi connectivity index (χ1v) is 10.2. The molecule has 1 rings (SSSR count). The summed E-state index contributed by atoms with van der Waals surface area (Å²) in [5.74, 6) is 0.0263. The molecule has 1 aliphatic rings. The summed E-state index contributed by atoms with van der Waals surface area (Å²) in [4.78, 5) is 11.4. The van der Waals surface area contributed by atoms with Crippen molar-refractivity contribution in [3.8, 4) is 0 Å². The van der Waals surface area contributed by atoms with Crippen LogP contribution in [0.5, 0.6) is 0 Å². The van der Waals surface area contributed by atoms with Crippen molar-refractivity contribution in [2.45, 2.75) is 77.2 Å². The lowest BCUT2D eigenvalue weighted by atomic mass is 10.0. The molecule has 0 aliphatic carbocycles. The van der Waals surface area contributed by atoms with E-state index in [0.29, 0.717) is 0 Å². The van der Waals surface area contributed by atoms with E-state index in [1.807, 2.05) is 6.08 Å². The highest BCUT2D eigenvalue weighted by atomic mass is 28.4. The molecule has 19 heavy (non-hydrogen) atoms. The van der Waals surface area contributed by atoms with Gasteiger partial charge < -0.3 is 9.74 Å². The van der Waals surface area contributed by atoms with Gasteiger partial charge in [-0.3, -0.25) is 4.79 Å². The number of nitrogens with one attached hydrogen (secondary N) is 1. The molecule has 0 fully saturated rings. The SMILES string of the molecule is CC[C@@H](C[C@@H]1CC=CC(=O)N1)O[Si](C)(C)C(C)(C)C. The summed E-state index contributed by atoms with van der Waals surface area (Å²) in [6.45, 7) is 13.5. The lowest BCUT2D eigenvalue weighted by Gasteiger charge is -2.40. The van der Waals surface area contributed by atoms with Gasteiger partial charge in [-0.2, -0.15) is 0 Å². The molecule has 0 saturated heterocycles. The fourth-order valence-electron chi connectivity index (χ4n) is 2.01. The number of carbonyl (C=O) groups is 1. The fourth-order valence-corrected chi connectivity index (χ4v) is 3.46. The third kappa shape index (κ3) is 4.77. The number of hydrogen-bond acceptors (Lipinski definition) is 2. The van der Waals surface area contributed by atoms with Crippen LogP contribution in [0, 0.1) is 0 Å². The van der Waals surface area contributed by atoms with Gasteiger partial charge in [0, 0.05) is 12.1 Å². The highest BCUT2D eigenvalue weighted by Crippen LogP contribution is 2.38. The Morgan fingerprint density at radius 1 is 1.47 bits per heavy atom. The van der Waals surface area contributed by atoms with Crippen LogP contribution in [0.25, 0.3) is 0 Å². The first kappa shape index (κ1) is 16.4. The van der Waals surface area contributed by atoms with Gasteiger partial charge in [0.15, 0.2) is 8.32 Å². The van der Waals surface area contributed by atoms with Gasteiger partial charge in [-0.05, 0) is 43.5 Å². The third-order valence-electron chi connectivity index (χ3n) is 4.31. The highest BCUT2D eigenvalue weighted by Gasteiger charge is 2.39. The number of carbonyl (C=O) groups excluding carboxylic acids is 1. The molecular weight excluding hydrogens is 254 g/mol. The maximum atomic E-state index is 11.4. The zero-order valence-corrected chi connectivity index (χ0v) is 14.2. The second-order valence-electron chi connectivity index (χ2n) is 6.99. The van der Waals surface area contributed by atoms with E-state index in [2.05, 4.69) is 46.1 Å². The van der Waals surface area contributed by atoms with Gasteiger partial charge in [0.05, 0.1) is 0 Å². The summed E-state index contributed by atoms with van der Waals surface area (Å²) in [7, 11) is -1.72. The van der Waals surface area contributed by atoms with Crippen molar-refractivity contribution < 1.29 is 9.22 Å². The smallest absolute Gasteiger partial charge is 0.243 e. The van der Waals surface area contributed by atoms with E-state index in [4.69, 9.17) is 4.43 Å². The van der Waals surface area contributed by atoms with E-state index in [9.17, 15) is 4.79 Å². The van der Waals surface area contributed by atoms with E-state index in [-0.39, 0.29) is 23.1 Å². The van der Waals surface area contributed by atoms with Crippen LogP contribution in [-0.2, 0) is 9.22 Å². The van der Waals surface area contributed by atoms with Crippen molar-refractivity contribution >= 4 is 14.2 Å². The maximum Gasteiger partial charge on any atom is 0.243 e. The Morgan fingerprint density at radius 2 is 2.11 bits per heavy atom. The second kappa shape index (κ2) is 6.22. The minimum Gasteiger partial charge on any atom is -0.414 e. The summed E-state index contributed by atoms with van der Waals surface area (Å²) in [6.07, 6.45) is 6.66. The van der Waals surface area contributed by atoms with Gasteiger partial charge in [0.25, 0.3) is 0 Å².